The van der Waals surface area contributed by atoms with Crippen molar-refractivity contribution in [2.75, 3.05) is 38.7 Å². The normalized spacial score (nSPS) is 18.6. The first-order valence-electron chi connectivity index (χ1n) is 7.11. The topological polar surface area (TPSA) is 67.4 Å². The number of carbonyl (C=O) groups excluding carboxylic acids is 1. The fourth-order valence-corrected chi connectivity index (χ4v) is 2.34. The van der Waals surface area contributed by atoms with Crippen molar-refractivity contribution in [1.82, 2.24) is 15.1 Å². The van der Waals surface area contributed by atoms with E-state index in [1.165, 1.54) is 0 Å². The number of aromatic nitrogens is 2. The van der Waals surface area contributed by atoms with E-state index >= 15 is 0 Å². The molecule has 6 nitrogen and oxygen atoms in total. The van der Waals surface area contributed by atoms with E-state index in [0.29, 0.717) is 24.0 Å². The Morgan fingerprint density at radius 2 is 2.35 bits per heavy atom. The van der Waals surface area contributed by atoms with Gasteiger partial charge in [0.05, 0.1) is 6.61 Å². The molecule has 1 saturated heterocycles. The first kappa shape index (κ1) is 14.7. The van der Waals surface area contributed by atoms with Crippen molar-refractivity contribution < 1.29 is 9.53 Å². The SMILES string of the molecule is CCNc1ccc(C(=O)N(C)CC2CCCOC2)nn1. The molecule has 20 heavy (non-hydrogen) atoms. The number of carbonyl (C=O) groups is 1. The number of anilines is 1. The van der Waals surface area contributed by atoms with Crippen LogP contribution in [0.3, 0.4) is 0 Å². The lowest BCUT2D eigenvalue weighted by molar-refractivity contribution is 0.0386. The highest BCUT2D eigenvalue weighted by Gasteiger charge is 2.20. The van der Waals surface area contributed by atoms with Gasteiger partial charge in [0, 0.05) is 26.7 Å². The van der Waals surface area contributed by atoms with Crippen LogP contribution in [0.5, 0.6) is 0 Å². The summed E-state index contributed by atoms with van der Waals surface area (Å²) in [6.07, 6.45) is 2.19. The standard InChI is InChI=1S/C14H22N4O2/c1-3-15-13-7-6-12(16-17-13)14(19)18(2)9-11-5-4-8-20-10-11/h6-7,11H,3-5,8-10H2,1-2H3,(H,15,17). The van der Waals surface area contributed by atoms with Crippen LogP contribution in [0.25, 0.3) is 0 Å². The summed E-state index contributed by atoms with van der Waals surface area (Å²) in [5.41, 5.74) is 0.380. The zero-order valence-electron chi connectivity index (χ0n) is 12.1. The molecule has 1 aliphatic rings. The van der Waals surface area contributed by atoms with Crippen LogP contribution in [-0.4, -0.2) is 54.4 Å². The summed E-state index contributed by atoms with van der Waals surface area (Å²) < 4.78 is 5.44. The van der Waals surface area contributed by atoms with E-state index in [-0.39, 0.29) is 5.91 Å². The molecule has 0 radical (unpaired) electrons. The highest BCUT2D eigenvalue weighted by atomic mass is 16.5. The van der Waals surface area contributed by atoms with Crippen LogP contribution in [0.15, 0.2) is 12.1 Å². The van der Waals surface area contributed by atoms with Gasteiger partial charge in [-0.15, -0.1) is 10.2 Å². The zero-order chi connectivity index (χ0) is 14.4. The van der Waals surface area contributed by atoms with E-state index in [2.05, 4.69) is 15.5 Å². The van der Waals surface area contributed by atoms with Gasteiger partial charge in [-0.1, -0.05) is 0 Å². The molecule has 0 spiro atoms. The Labute approximate surface area is 119 Å². The Morgan fingerprint density at radius 3 is 2.95 bits per heavy atom. The summed E-state index contributed by atoms with van der Waals surface area (Å²) in [5, 5.41) is 11.0. The number of rotatable bonds is 5. The van der Waals surface area contributed by atoms with Gasteiger partial charge >= 0.3 is 0 Å². The van der Waals surface area contributed by atoms with Crippen molar-refractivity contribution in [3.8, 4) is 0 Å². The van der Waals surface area contributed by atoms with E-state index in [1.807, 2.05) is 6.92 Å². The van der Waals surface area contributed by atoms with Gasteiger partial charge in [-0.2, -0.15) is 0 Å². The summed E-state index contributed by atoms with van der Waals surface area (Å²) in [7, 11) is 1.80. The molecule has 0 bridgehead atoms. The van der Waals surface area contributed by atoms with Crippen LogP contribution >= 0.6 is 0 Å². The molecule has 1 amide bonds. The number of nitrogens with zero attached hydrogens (tertiary/aromatic N) is 3. The average Bonchev–Trinajstić information content (AvgIpc) is 2.48. The summed E-state index contributed by atoms with van der Waals surface area (Å²) >= 11 is 0. The van der Waals surface area contributed by atoms with E-state index in [1.54, 1.807) is 24.1 Å². The zero-order valence-corrected chi connectivity index (χ0v) is 12.1. The smallest absolute Gasteiger partial charge is 0.274 e. The molecule has 1 aliphatic heterocycles. The molecule has 110 valence electrons. The molecule has 1 aromatic rings. The minimum atomic E-state index is -0.0916. The quantitative estimate of drug-likeness (QED) is 0.882. The molecular formula is C14H22N4O2. The van der Waals surface area contributed by atoms with Crippen molar-refractivity contribution >= 4 is 11.7 Å². The predicted octanol–water partition coefficient (Wildman–Crippen LogP) is 1.41. The van der Waals surface area contributed by atoms with E-state index in [0.717, 1.165) is 32.6 Å². The Hall–Kier alpha value is -1.69. The number of hydrogen-bond acceptors (Lipinski definition) is 5. The second-order valence-corrected chi connectivity index (χ2v) is 5.10. The molecule has 1 N–H and O–H groups in total. The second kappa shape index (κ2) is 7.19. The van der Waals surface area contributed by atoms with Gasteiger partial charge in [0.25, 0.3) is 5.91 Å². The largest absolute Gasteiger partial charge is 0.381 e. The lowest BCUT2D eigenvalue weighted by Crippen LogP contribution is -2.35. The number of nitrogens with one attached hydrogen (secondary N) is 1. The summed E-state index contributed by atoms with van der Waals surface area (Å²) in [5.74, 6) is 1.02. The number of ether oxygens (including phenoxy) is 1. The summed E-state index contributed by atoms with van der Waals surface area (Å²) in [6, 6.07) is 3.49. The van der Waals surface area contributed by atoms with Gasteiger partial charge in [0.15, 0.2) is 5.69 Å². The number of amides is 1. The van der Waals surface area contributed by atoms with E-state index in [4.69, 9.17) is 4.74 Å². The van der Waals surface area contributed by atoms with Gasteiger partial charge in [0.2, 0.25) is 0 Å². The maximum absolute atomic E-state index is 12.2. The first-order valence-corrected chi connectivity index (χ1v) is 7.11. The molecule has 6 heteroatoms. The minimum Gasteiger partial charge on any atom is -0.381 e. The van der Waals surface area contributed by atoms with Gasteiger partial charge in [-0.25, -0.2) is 0 Å². The molecule has 1 aromatic heterocycles. The maximum Gasteiger partial charge on any atom is 0.274 e. The average molecular weight is 278 g/mol. The van der Waals surface area contributed by atoms with Gasteiger partial charge < -0.3 is 15.0 Å². The Balaban J connectivity index is 1.91. The number of hydrogen-bond donors (Lipinski definition) is 1. The van der Waals surface area contributed by atoms with E-state index < -0.39 is 0 Å². The summed E-state index contributed by atoms with van der Waals surface area (Å²) in [4.78, 5) is 14.0. The van der Waals surface area contributed by atoms with Crippen LogP contribution in [0.1, 0.15) is 30.3 Å². The second-order valence-electron chi connectivity index (χ2n) is 5.10. The lowest BCUT2D eigenvalue weighted by Gasteiger charge is -2.26. The predicted molar refractivity (Wildman–Crippen MR) is 76.7 cm³/mol. The highest BCUT2D eigenvalue weighted by molar-refractivity contribution is 5.92. The molecule has 2 heterocycles. The molecule has 1 atom stereocenters. The first-order chi connectivity index (χ1) is 9.70. The van der Waals surface area contributed by atoms with Crippen LogP contribution < -0.4 is 5.32 Å². The Morgan fingerprint density at radius 1 is 1.50 bits per heavy atom. The van der Waals surface area contributed by atoms with Crippen LogP contribution in [0, 0.1) is 5.92 Å². The maximum atomic E-state index is 12.2. The molecule has 0 saturated carbocycles. The monoisotopic (exact) mass is 278 g/mol. The van der Waals surface area contributed by atoms with Crippen molar-refractivity contribution in [2.45, 2.75) is 19.8 Å². The third kappa shape index (κ3) is 3.90. The molecule has 0 aromatic carbocycles. The molecule has 2 rings (SSSR count). The highest BCUT2D eigenvalue weighted by Crippen LogP contribution is 2.15. The van der Waals surface area contributed by atoms with Crippen molar-refractivity contribution in [1.29, 1.82) is 0 Å². The van der Waals surface area contributed by atoms with Gasteiger partial charge in [-0.3, -0.25) is 4.79 Å². The third-order valence-electron chi connectivity index (χ3n) is 3.37. The van der Waals surface area contributed by atoms with Crippen molar-refractivity contribution in [3.05, 3.63) is 17.8 Å². The van der Waals surface area contributed by atoms with Gasteiger partial charge in [-0.05, 0) is 37.8 Å². The van der Waals surface area contributed by atoms with Crippen molar-refractivity contribution in [2.24, 2.45) is 5.92 Å². The Kier molecular flexibility index (Phi) is 5.29. The van der Waals surface area contributed by atoms with E-state index in [9.17, 15) is 4.79 Å². The lowest BCUT2D eigenvalue weighted by atomic mass is 10.0. The Bertz CT molecular complexity index is 429. The third-order valence-corrected chi connectivity index (χ3v) is 3.37. The summed E-state index contributed by atoms with van der Waals surface area (Å²) in [6.45, 7) is 5.05. The van der Waals surface area contributed by atoms with Crippen molar-refractivity contribution in [3.63, 3.8) is 0 Å². The molecule has 1 fully saturated rings. The molecule has 0 aliphatic carbocycles. The fraction of sp³-hybridized carbons (Fsp3) is 0.643. The minimum absolute atomic E-state index is 0.0916. The van der Waals surface area contributed by atoms with Crippen LogP contribution in [-0.2, 0) is 4.74 Å². The molecular weight excluding hydrogens is 256 g/mol. The van der Waals surface area contributed by atoms with Gasteiger partial charge in [0.1, 0.15) is 5.82 Å². The van der Waals surface area contributed by atoms with Crippen LogP contribution in [0.2, 0.25) is 0 Å². The molecule has 1 unspecified atom stereocenters. The fourth-order valence-electron chi connectivity index (χ4n) is 2.34. The van der Waals surface area contributed by atoms with Crippen LogP contribution in [0.4, 0.5) is 5.82 Å².